The lowest BCUT2D eigenvalue weighted by molar-refractivity contribution is 0.355. The number of nitrogens with one attached hydrogen (secondary N) is 1. The highest BCUT2D eigenvalue weighted by molar-refractivity contribution is 5.64. The van der Waals surface area contributed by atoms with Gasteiger partial charge in [0.15, 0.2) is 29.0 Å². The van der Waals surface area contributed by atoms with Gasteiger partial charge in [0.1, 0.15) is 0 Å². The molecule has 0 aliphatic carbocycles. The fourth-order valence-electron chi connectivity index (χ4n) is 3.30. The maximum atomic E-state index is 13.8. The molecule has 0 fully saturated rings. The lowest BCUT2D eigenvalue weighted by Crippen LogP contribution is -2.24. The molecule has 0 unspecified atom stereocenters. The van der Waals surface area contributed by atoms with Crippen molar-refractivity contribution in [2.45, 2.75) is 13.5 Å². The molecule has 0 saturated carbocycles. The second-order valence-corrected chi connectivity index (χ2v) is 6.91. The van der Waals surface area contributed by atoms with Crippen LogP contribution in [-0.2, 0) is 6.54 Å². The Balaban J connectivity index is 1.85. The summed E-state index contributed by atoms with van der Waals surface area (Å²) in [5, 5.41) is 3.06. The van der Waals surface area contributed by atoms with E-state index in [0.717, 1.165) is 17.7 Å². The lowest BCUT2D eigenvalue weighted by atomic mass is 10.1. The number of ether oxygens (including phenoxy) is 2. The molecule has 0 amide bonds. The smallest absolute Gasteiger partial charge is 0.317 e. The summed E-state index contributed by atoms with van der Waals surface area (Å²) in [6, 6.07) is 5.17. The van der Waals surface area contributed by atoms with Crippen molar-refractivity contribution >= 4 is 17.3 Å². The summed E-state index contributed by atoms with van der Waals surface area (Å²) in [7, 11) is 3.00. The first-order valence-electron chi connectivity index (χ1n) is 9.39. The van der Waals surface area contributed by atoms with E-state index in [1.54, 1.807) is 12.1 Å². The zero-order chi connectivity index (χ0) is 23.0. The Labute approximate surface area is 179 Å². The van der Waals surface area contributed by atoms with Crippen LogP contribution in [0.5, 0.6) is 11.5 Å². The van der Waals surface area contributed by atoms with Crippen LogP contribution in [0, 0.1) is 24.4 Å². The third-order valence-corrected chi connectivity index (χ3v) is 4.88. The van der Waals surface area contributed by atoms with Crippen molar-refractivity contribution in [3.05, 3.63) is 75.6 Å². The van der Waals surface area contributed by atoms with E-state index in [1.165, 1.54) is 35.8 Å². The molecule has 1 N–H and O–H groups in total. The van der Waals surface area contributed by atoms with Gasteiger partial charge in [-0.15, -0.1) is 0 Å². The largest absolute Gasteiger partial charge is 0.493 e. The molecule has 0 spiro atoms. The van der Waals surface area contributed by atoms with Crippen molar-refractivity contribution < 1.29 is 22.6 Å². The van der Waals surface area contributed by atoms with Crippen molar-refractivity contribution in [3.63, 3.8) is 0 Å². The summed E-state index contributed by atoms with van der Waals surface area (Å²) in [6.07, 6.45) is 2.90. The average molecular weight is 445 g/mol. The van der Waals surface area contributed by atoms with Gasteiger partial charge in [-0.3, -0.25) is 4.79 Å². The molecule has 2 heterocycles. The van der Waals surface area contributed by atoms with Gasteiger partial charge in [-0.05, 0) is 36.2 Å². The van der Waals surface area contributed by atoms with Crippen LogP contribution in [0.4, 0.5) is 24.8 Å². The van der Waals surface area contributed by atoms with E-state index >= 15 is 0 Å². The molecule has 11 heteroatoms. The minimum atomic E-state index is -1.56. The van der Waals surface area contributed by atoms with E-state index in [2.05, 4.69) is 15.3 Å². The second-order valence-electron chi connectivity index (χ2n) is 6.91. The van der Waals surface area contributed by atoms with E-state index in [9.17, 15) is 18.0 Å². The van der Waals surface area contributed by atoms with Gasteiger partial charge >= 0.3 is 5.56 Å². The lowest BCUT2D eigenvalue weighted by Gasteiger charge is -2.18. The fourth-order valence-corrected chi connectivity index (χ4v) is 3.30. The molecule has 0 radical (unpaired) electrons. The van der Waals surface area contributed by atoms with Crippen LogP contribution in [0.2, 0.25) is 0 Å². The second kappa shape index (κ2) is 8.25. The number of hydrogen-bond acceptors (Lipinski definition) is 6. The number of aryl methyl sites for hydroxylation is 1. The number of methoxy groups -OCH3 is 2. The monoisotopic (exact) mass is 445 g/mol. The fraction of sp³-hybridized carbons (Fsp3) is 0.190. The molecule has 0 aliphatic heterocycles. The SMILES string of the molecule is COc1cc(C)c(Nc2nc(=O)c3nccn3n2Cc2cc(F)c(F)c(F)c2)cc1OC. The molecule has 0 aliphatic rings. The Hall–Kier alpha value is -4.02. The molecular formula is C21H18F3N5O3. The van der Waals surface area contributed by atoms with Gasteiger partial charge in [-0.1, -0.05) is 0 Å². The van der Waals surface area contributed by atoms with Gasteiger partial charge < -0.3 is 14.8 Å². The normalized spacial score (nSPS) is 11.1. The van der Waals surface area contributed by atoms with Crippen LogP contribution in [0.1, 0.15) is 11.1 Å². The summed E-state index contributed by atoms with van der Waals surface area (Å²) in [6.45, 7) is 1.68. The number of halogens is 3. The summed E-state index contributed by atoms with van der Waals surface area (Å²) in [5.74, 6) is -3.16. The number of anilines is 2. The Kier molecular flexibility index (Phi) is 5.47. The minimum Gasteiger partial charge on any atom is -0.493 e. The predicted octanol–water partition coefficient (Wildman–Crippen LogP) is 3.43. The number of rotatable bonds is 6. The number of nitrogens with zero attached hydrogens (tertiary/aromatic N) is 4. The molecule has 32 heavy (non-hydrogen) atoms. The van der Waals surface area contributed by atoms with E-state index in [4.69, 9.17) is 9.47 Å². The molecule has 166 valence electrons. The first-order valence-corrected chi connectivity index (χ1v) is 9.39. The molecule has 0 bridgehead atoms. The Bertz CT molecular complexity index is 1360. The number of fused-ring (bicyclic) bond motifs is 1. The van der Waals surface area contributed by atoms with Crippen LogP contribution in [0.25, 0.3) is 5.65 Å². The molecule has 8 nitrogen and oxygen atoms in total. The van der Waals surface area contributed by atoms with Crippen molar-refractivity contribution in [2.75, 3.05) is 19.5 Å². The molecule has 4 rings (SSSR count). The van der Waals surface area contributed by atoms with Crippen LogP contribution < -0.4 is 20.3 Å². The minimum absolute atomic E-state index is 0.0163. The van der Waals surface area contributed by atoms with Crippen molar-refractivity contribution in [1.29, 1.82) is 0 Å². The van der Waals surface area contributed by atoms with E-state index in [-0.39, 0.29) is 23.7 Å². The van der Waals surface area contributed by atoms with Crippen molar-refractivity contribution in [3.8, 4) is 11.5 Å². The molecule has 0 saturated heterocycles. The topological polar surface area (TPSA) is 82.7 Å². The van der Waals surface area contributed by atoms with Crippen LogP contribution in [0.3, 0.4) is 0 Å². The zero-order valence-electron chi connectivity index (χ0n) is 17.3. The Morgan fingerprint density at radius 2 is 1.69 bits per heavy atom. The van der Waals surface area contributed by atoms with Crippen molar-refractivity contribution in [2.24, 2.45) is 0 Å². The van der Waals surface area contributed by atoms with Gasteiger partial charge in [-0.25, -0.2) is 27.4 Å². The third-order valence-electron chi connectivity index (χ3n) is 4.88. The average Bonchev–Trinajstić information content (AvgIpc) is 3.26. The number of benzene rings is 2. The molecular weight excluding hydrogens is 427 g/mol. The summed E-state index contributed by atoms with van der Waals surface area (Å²) < 4.78 is 54.4. The summed E-state index contributed by atoms with van der Waals surface area (Å²) in [4.78, 5) is 20.5. The summed E-state index contributed by atoms with van der Waals surface area (Å²) >= 11 is 0. The quantitative estimate of drug-likeness (QED) is 0.458. The Morgan fingerprint density at radius 3 is 2.34 bits per heavy atom. The van der Waals surface area contributed by atoms with Gasteiger partial charge in [0.05, 0.1) is 20.8 Å². The number of imidazole rings is 1. The summed E-state index contributed by atoms with van der Waals surface area (Å²) in [5.41, 5.74) is 0.840. The highest BCUT2D eigenvalue weighted by atomic mass is 19.2. The first kappa shape index (κ1) is 21.2. The Morgan fingerprint density at radius 1 is 1.03 bits per heavy atom. The van der Waals surface area contributed by atoms with Crippen molar-refractivity contribution in [1.82, 2.24) is 19.2 Å². The maximum Gasteiger partial charge on any atom is 0.317 e. The van der Waals surface area contributed by atoms with Gasteiger partial charge in [0.25, 0.3) is 0 Å². The molecule has 2 aromatic heterocycles. The van der Waals surface area contributed by atoms with Crippen LogP contribution in [-0.4, -0.2) is 33.4 Å². The predicted molar refractivity (Wildman–Crippen MR) is 110 cm³/mol. The van der Waals surface area contributed by atoms with Crippen LogP contribution in [0.15, 0.2) is 41.5 Å². The number of aromatic nitrogens is 4. The number of hydrogen-bond donors (Lipinski definition) is 1. The first-order chi connectivity index (χ1) is 15.3. The highest BCUT2D eigenvalue weighted by Gasteiger charge is 2.17. The van der Waals surface area contributed by atoms with Gasteiger partial charge in [0, 0.05) is 24.1 Å². The standard InChI is InChI=1S/C21H18F3N5O3/c1-11-6-16(31-2)17(32-3)9-15(11)26-21-27-20(30)19-25-4-5-28(19)29(21)10-12-7-13(22)18(24)14(23)8-12/h4-9H,10H2,1-3H3,(H,26,27,30). The highest BCUT2D eigenvalue weighted by Crippen LogP contribution is 2.34. The zero-order valence-corrected chi connectivity index (χ0v) is 17.3. The molecule has 2 aromatic carbocycles. The van der Waals surface area contributed by atoms with Gasteiger partial charge in [-0.2, -0.15) is 4.98 Å². The van der Waals surface area contributed by atoms with E-state index in [1.807, 2.05) is 6.92 Å². The van der Waals surface area contributed by atoms with Crippen LogP contribution >= 0.6 is 0 Å². The maximum absolute atomic E-state index is 13.8. The molecule has 0 atom stereocenters. The van der Waals surface area contributed by atoms with Gasteiger partial charge in [0.2, 0.25) is 11.6 Å². The van der Waals surface area contributed by atoms with E-state index < -0.39 is 23.0 Å². The van der Waals surface area contributed by atoms with E-state index in [0.29, 0.717) is 17.2 Å². The third kappa shape index (κ3) is 3.72. The molecule has 4 aromatic rings.